The Morgan fingerprint density at radius 3 is 1.22 bits per heavy atom. The van der Waals surface area contributed by atoms with Crippen LogP contribution in [-0.4, -0.2) is 36.4 Å². The molecule has 0 N–H and O–H groups in total. The molecule has 0 fully saturated rings. The molecule has 0 bridgehead atoms. The zero-order chi connectivity index (χ0) is 30.5. The molecule has 0 saturated heterocycles. The number of alkyl halides is 9. The third-order valence-corrected chi connectivity index (χ3v) is 6.61. The molecule has 0 radical (unpaired) electrons. The van der Waals surface area contributed by atoms with Gasteiger partial charge in [0.2, 0.25) is 0 Å². The number of nitrogens with zero attached hydrogens (tertiary/aromatic N) is 5. The Kier molecular flexibility index (Phi) is 9.72. The first kappa shape index (κ1) is 31.9. The second kappa shape index (κ2) is 12.5. The van der Waals surface area contributed by atoms with E-state index in [1.165, 1.54) is 0 Å². The molecule has 0 aliphatic heterocycles. The third kappa shape index (κ3) is 7.37. The summed E-state index contributed by atoms with van der Waals surface area (Å²) in [6, 6.07) is 17.7. The smallest absolute Gasteiger partial charge is 0.372 e. The van der Waals surface area contributed by atoms with Gasteiger partial charge in [0.05, 0.1) is 22.7 Å². The largest absolute Gasteiger partial charge is 0.460 e. The zero-order valence-corrected chi connectivity index (χ0v) is 22.2. The minimum atomic E-state index is -6.95. The summed E-state index contributed by atoms with van der Waals surface area (Å²) in [5.74, 6) is -13.7. The molecule has 41 heavy (non-hydrogen) atoms. The summed E-state index contributed by atoms with van der Waals surface area (Å²) in [5.41, 5.74) is 2.68. The molecule has 0 spiro atoms. The van der Waals surface area contributed by atoms with E-state index < -0.39 is 39.9 Å². The summed E-state index contributed by atoms with van der Waals surface area (Å²) in [5, 5.41) is 10.3. The van der Waals surface area contributed by atoms with Gasteiger partial charge in [0, 0.05) is 23.7 Å². The Morgan fingerprint density at radius 2 is 0.878 bits per heavy atom. The number of azo groups is 2. The van der Waals surface area contributed by atoms with E-state index in [4.69, 9.17) is 0 Å². The van der Waals surface area contributed by atoms with Gasteiger partial charge in [0.1, 0.15) is 0 Å². The average Bonchev–Trinajstić information content (AvgIpc) is 2.92. The van der Waals surface area contributed by atoms with Gasteiger partial charge in [-0.05, 0) is 98.4 Å². The van der Waals surface area contributed by atoms with Crippen LogP contribution < -0.4 is 4.90 Å². The molecular weight excluding hydrogens is 585 g/mol. The van der Waals surface area contributed by atoms with E-state index in [0.717, 1.165) is 43.0 Å². The first-order valence-corrected chi connectivity index (χ1v) is 12.7. The van der Waals surface area contributed by atoms with Crippen LogP contribution in [0.5, 0.6) is 0 Å². The Morgan fingerprint density at radius 1 is 0.537 bits per heavy atom. The maximum absolute atomic E-state index is 13.8. The van der Waals surface area contributed by atoms with Gasteiger partial charge < -0.3 is 4.90 Å². The van der Waals surface area contributed by atoms with Gasteiger partial charge in [-0.1, -0.05) is 0 Å². The lowest BCUT2D eigenvalue weighted by molar-refractivity contribution is -0.381. The van der Waals surface area contributed by atoms with Crippen LogP contribution in [0, 0.1) is 0 Å². The number of benzene rings is 3. The molecule has 0 amide bonds. The number of hydrogen-bond donors (Lipinski definition) is 0. The molecule has 0 unspecified atom stereocenters. The SMILES string of the molecule is CCN(CC)c1ccc(N=Nc2ccc(N=Nc3ccc(SC(F)(F)C(F)(F)C(F)(F)C(F)(F)F)cc3)cc2)cc1. The van der Waals surface area contributed by atoms with Gasteiger partial charge >= 0.3 is 23.3 Å². The number of hydrogen-bond acceptors (Lipinski definition) is 6. The molecular formula is C26H22F9N5S. The number of thioether (sulfide) groups is 1. The maximum Gasteiger partial charge on any atom is 0.460 e. The summed E-state index contributed by atoms with van der Waals surface area (Å²) in [6.45, 7) is 5.88. The second-order valence-electron chi connectivity index (χ2n) is 8.36. The highest BCUT2D eigenvalue weighted by molar-refractivity contribution is 8.00. The molecule has 5 nitrogen and oxygen atoms in total. The Labute approximate surface area is 233 Å². The Bertz CT molecular complexity index is 1340. The van der Waals surface area contributed by atoms with Crippen LogP contribution in [0.4, 0.5) is 68.0 Å². The van der Waals surface area contributed by atoms with Crippen LogP contribution in [0.15, 0.2) is 98.1 Å². The number of anilines is 1. The predicted octanol–water partition coefficient (Wildman–Crippen LogP) is 10.9. The molecule has 15 heteroatoms. The van der Waals surface area contributed by atoms with E-state index in [-0.39, 0.29) is 5.69 Å². The summed E-state index contributed by atoms with van der Waals surface area (Å²) in [4.78, 5) is 1.50. The molecule has 0 saturated carbocycles. The molecule has 220 valence electrons. The summed E-state index contributed by atoms with van der Waals surface area (Å²) in [7, 11) is 0. The van der Waals surface area contributed by atoms with Gasteiger partial charge in [0.15, 0.2) is 0 Å². The van der Waals surface area contributed by atoms with Gasteiger partial charge in [-0.3, -0.25) is 0 Å². The van der Waals surface area contributed by atoms with Crippen LogP contribution in [0.2, 0.25) is 0 Å². The summed E-state index contributed by atoms with van der Waals surface area (Å²) in [6.07, 6.45) is -6.87. The lowest BCUT2D eigenvalue weighted by atomic mass is 10.1. The highest BCUT2D eigenvalue weighted by Gasteiger charge is 2.82. The van der Waals surface area contributed by atoms with Crippen molar-refractivity contribution in [3.8, 4) is 0 Å². The van der Waals surface area contributed by atoms with Crippen molar-refractivity contribution in [1.82, 2.24) is 0 Å². The number of rotatable bonds is 11. The van der Waals surface area contributed by atoms with Gasteiger partial charge in [-0.15, -0.1) is 0 Å². The fourth-order valence-corrected chi connectivity index (χ4v) is 4.11. The first-order chi connectivity index (χ1) is 19.1. The van der Waals surface area contributed by atoms with E-state index in [1.54, 1.807) is 24.3 Å². The van der Waals surface area contributed by atoms with E-state index in [1.807, 2.05) is 24.3 Å². The van der Waals surface area contributed by atoms with Crippen molar-refractivity contribution in [2.24, 2.45) is 20.5 Å². The highest BCUT2D eigenvalue weighted by atomic mass is 32.2. The predicted molar refractivity (Wildman–Crippen MR) is 138 cm³/mol. The Balaban J connectivity index is 1.62. The van der Waals surface area contributed by atoms with E-state index in [0.29, 0.717) is 17.1 Å². The maximum atomic E-state index is 13.8. The molecule has 3 rings (SSSR count). The van der Waals surface area contributed by atoms with Crippen molar-refractivity contribution in [3.63, 3.8) is 0 Å². The minimum Gasteiger partial charge on any atom is -0.372 e. The normalized spacial score (nSPS) is 13.3. The van der Waals surface area contributed by atoms with Gasteiger partial charge in [-0.25, -0.2) is 0 Å². The fraction of sp³-hybridized carbons (Fsp3) is 0.308. The second-order valence-corrected chi connectivity index (χ2v) is 9.55. The monoisotopic (exact) mass is 607 g/mol. The lowest BCUT2D eigenvalue weighted by Crippen LogP contribution is -2.59. The van der Waals surface area contributed by atoms with Crippen LogP contribution in [0.25, 0.3) is 0 Å². The Hall–Kier alpha value is -3.62. The third-order valence-electron chi connectivity index (χ3n) is 5.59. The van der Waals surface area contributed by atoms with Gasteiger partial charge in [-0.2, -0.15) is 60.0 Å². The molecule has 0 aliphatic carbocycles. The zero-order valence-electron chi connectivity index (χ0n) is 21.4. The van der Waals surface area contributed by atoms with Crippen molar-refractivity contribution in [1.29, 1.82) is 0 Å². The summed E-state index contributed by atoms with van der Waals surface area (Å²) >= 11 is -1.13. The van der Waals surface area contributed by atoms with E-state index >= 15 is 0 Å². The van der Waals surface area contributed by atoms with Crippen LogP contribution in [0.3, 0.4) is 0 Å². The minimum absolute atomic E-state index is 0.0713. The lowest BCUT2D eigenvalue weighted by Gasteiger charge is -2.33. The van der Waals surface area contributed by atoms with Crippen molar-refractivity contribution < 1.29 is 39.5 Å². The van der Waals surface area contributed by atoms with E-state index in [9.17, 15) is 39.5 Å². The van der Waals surface area contributed by atoms with Crippen molar-refractivity contribution in [2.45, 2.75) is 42.0 Å². The first-order valence-electron chi connectivity index (χ1n) is 11.9. The van der Waals surface area contributed by atoms with E-state index in [2.05, 4.69) is 39.2 Å². The quantitative estimate of drug-likeness (QED) is 0.124. The van der Waals surface area contributed by atoms with Crippen molar-refractivity contribution in [2.75, 3.05) is 18.0 Å². The topological polar surface area (TPSA) is 52.7 Å². The molecule has 0 aliphatic rings. The molecule has 3 aromatic rings. The molecule has 3 aromatic carbocycles. The number of halogens is 9. The summed E-state index contributed by atoms with van der Waals surface area (Å²) < 4.78 is 117. The van der Waals surface area contributed by atoms with Crippen molar-refractivity contribution in [3.05, 3.63) is 72.8 Å². The van der Waals surface area contributed by atoms with Crippen LogP contribution >= 0.6 is 11.8 Å². The molecule has 0 heterocycles. The van der Waals surface area contributed by atoms with Crippen molar-refractivity contribution >= 4 is 40.2 Å². The van der Waals surface area contributed by atoms with Crippen LogP contribution in [0.1, 0.15) is 13.8 Å². The van der Waals surface area contributed by atoms with Crippen LogP contribution in [-0.2, 0) is 0 Å². The fourth-order valence-electron chi connectivity index (χ4n) is 3.29. The average molecular weight is 608 g/mol. The molecule has 0 atom stereocenters. The standard InChI is InChI=1S/C26H22F9N5S/c1-3-40(4-2)21-13-9-19(10-14-21)38-36-17-5-7-18(8-6-17)37-39-20-11-15-22(16-12-20)41-26(34,35)24(29,30)23(27,28)25(31,32)33/h5-16H,3-4H2,1-2H3. The highest BCUT2D eigenvalue weighted by Crippen LogP contribution is 2.57. The van der Waals surface area contributed by atoms with Gasteiger partial charge in [0.25, 0.3) is 0 Å². The molecule has 0 aromatic heterocycles.